The van der Waals surface area contributed by atoms with Crippen molar-refractivity contribution in [3.05, 3.63) is 35.7 Å². The van der Waals surface area contributed by atoms with Crippen LogP contribution in [0.1, 0.15) is 11.5 Å². The minimum absolute atomic E-state index is 0.0466. The van der Waals surface area contributed by atoms with Gasteiger partial charge in [0.25, 0.3) is 0 Å². The van der Waals surface area contributed by atoms with Crippen molar-refractivity contribution in [2.75, 3.05) is 19.0 Å². The second-order valence-electron chi connectivity index (χ2n) is 5.76. The number of hydrogen-bond acceptors (Lipinski definition) is 8. The van der Waals surface area contributed by atoms with E-state index in [0.717, 1.165) is 11.3 Å². The number of amides is 1. The number of nitrogens with zero attached hydrogens (tertiary/aromatic N) is 2. The lowest BCUT2D eigenvalue weighted by atomic mass is 10.0. The summed E-state index contributed by atoms with van der Waals surface area (Å²) in [6.07, 6.45) is -1.64. The highest BCUT2D eigenvalue weighted by Gasteiger charge is 2.38. The Morgan fingerprint density at radius 1 is 1.40 bits per heavy atom. The van der Waals surface area contributed by atoms with Crippen LogP contribution in [0, 0.1) is 6.92 Å². The molecule has 0 unspecified atom stereocenters. The number of anilines is 1. The molecule has 0 radical (unpaired) electrons. The predicted molar refractivity (Wildman–Crippen MR) is 87.4 cm³/mol. The number of nitrogens with one attached hydrogen (secondary N) is 2. The fourth-order valence-corrected chi connectivity index (χ4v) is 2.72. The zero-order valence-electron chi connectivity index (χ0n) is 13.9. The quantitative estimate of drug-likeness (QED) is 0.729. The van der Waals surface area contributed by atoms with Gasteiger partial charge in [0.2, 0.25) is 5.89 Å². The Kier molecular flexibility index (Phi) is 5.15. The maximum atomic E-state index is 12.0. The number of benzene rings is 1. The van der Waals surface area contributed by atoms with E-state index in [9.17, 15) is 9.90 Å². The van der Waals surface area contributed by atoms with E-state index in [4.69, 9.17) is 13.9 Å². The number of aromatic nitrogens is 2. The van der Waals surface area contributed by atoms with Crippen LogP contribution < -0.4 is 15.4 Å². The molecule has 134 valence electrons. The van der Waals surface area contributed by atoms with Crippen LogP contribution in [0.3, 0.4) is 0 Å². The van der Waals surface area contributed by atoms with Crippen LogP contribution in [0.5, 0.6) is 5.75 Å². The number of aliphatic hydroxyl groups is 1. The third kappa shape index (κ3) is 4.25. The van der Waals surface area contributed by atoms with Gasteiger partial charge in [-0.1, -0.05) is 17.2 Å². The minimum atomic E-state index is -0.793. The van der Waals surface area contributed by atoms with Crippen LogP contribution >= 0.6 is 0 Å². The van der Waals surface area contributed by atoms with Gasteiger partial charge in [0.1, 0.15) is 18.0 Å². The van der Waals surface area contributed by atoms with E-state index in [-0.39, 0.29) is 12.1 Å². The number of rotatable bonds is 5. The summed E-state index contributed by atoms with van der Waals surface area (Å²) in [5.74, 6) is 1.10. The molecular formula is C16H20N4O5. The van der Waals surface area contributed by atoms with Crippen molar-refractivity contribution in [3.63, 3.8) is 0 Å². The highest BCUT2D eigenvalue weighted by Crippen LogP contribution is 2.19. The molecule has 1 aromatic carbocycles. The number of β-amino-alcohol motifs (C(OH)–C–C–N with tert-alkyl or cyclic N) is 1. The van der Waals surface area contributed by atoms with Crippen molar-refractivity contribution in [2.24, 2.45) is 0 Å². The van der Waals surface area contributed by atoms with Crippen molar-refractivity contribution in [2.45, 2.75) is 31.6 Å². The molecule has 0 aliphatic carbocycles. The van der Waals surface area contributed by atoms with Crippen LogP contribution in [-0.2, 0) is 11.2 Å². The van der Waals surface area contributed by atoms with Gasteiger partial charge in [-0.15, -0.1) is 5.10 Å². The lowest BCUT2D eigenvalue weighted by molar-refractivity contribution is 0.0252. The summed E-state index contributed by atoms with van der Waals surface area (Å²) in [7, 11) is 1.61. The largest absolute Gasteiger partial charge is 0.497 e. The molecule has 25 heavy (non-hydrogen) atoms. The number of hydrogen-bond donors (Lipinski definition) is 3. The fraction of sp³-hybridized carbons (Fsp3) is 0.438. The zero-order valence-corrected chi connectivity index (χ0v) is 13.9. The normalized spacial score (nSPS) is 22.6. The molecule has 1 aromatic heterocycles. The molecule has 9 nitrogen and oxygen atoms in total. The first-order valence-corrected chi connectivity index (χ1v) is 7.87. The van der Waals surface area contributed by atoms with E-state index in [1.165, 1.54) is 0 Å². The first kappa shape index (κ1) is 17.2. The Morgan fingerprint density at radius 2 is 2.16 bits per heavy atom. The van der Waals surface area contributed by atoms with Crippen LogP contribution in [0.15, 0.2) is 28.7 Å². The van der Waals surface area contributed by atoms with Gasteiger partial charge in [-0.2, -0.15) is 0 Å². The van der Waals surface area contributed by atoms with Crippen molar-refractivity contribution in [1.29, 1.82) is 0 Å². The summed E-state index contributed by atoms with van der Waals surface area (Å²) in [6, 6.07) is 7.34. The molecule has 2 heterocycles. The average molecular weight is 348 g/mol. The van der Waals surface area contributed by atoms with Gasteiger partial charge in [-0.25, -0.2) is 10.1 Å². The number of carbonyl (C=O) groups is 1. The Morgan fingerprint density at radius 3 is 2.80 bits per heavy atom. The molecule has 2 aromatic rings. The maximum Gasteiger partial charge on any atom is 0.415 e. The second kappa shape index (κ2) is 7.49. The van der Waals surface area contributed by atoms with E-state index < -0.39 is 18.3 Å². The standard InChI is InChI=1S/C16H20N4O5/c1-9-19-20-15(24-9)18-16(22)25-14-12(17-8-13(14)21)7-10-3-5-11(23-2)6-4-10/h3-6,12-14,17,21H,7-8H2,1-2H3,(H,18,20,22)/t12-,13+,14+/m1/s1. The first-order chi connectivity index (χ1) is 12.0. The average Bonchev–Trinajstić information content (AvgIpc) is 3.15. The molecule has 0 saturated carbocycles. The monoisotopic (exact) mass is 348 g/mol. The van der Waals surface area contributed by atoms with Crippen molar-refractivity contribution in [1.82, 2.24) is 15.5 Å². The number of aliphatic hydroxyl groups excluding tert-OH is 1. The smallest absolute Gasteiger partial charge is 0.415 e. The van der Waals surface area contributed by atoms with Crippen LogP contribution in [-0.4, -0.2) is 53.3 Å². The summed E-state index contributed by atoms with van der Waals surface area (Å²) < 4.78 is 15.6. The number of methoxy groups -OCH3 is 1. The maximum absolute atomic E-state index is 12.0. The molecule has 0 bridgehead atoms. The summed E-state index contributed by atoms with van der Waals surface area (Å²) >= 11 is 0. The summed E-state index contributed by atoms with van der Waals surface area (Å²) in [5, 5.41) is 22.9. The SMILES string of the molecule is COc1ccc(C[C@H]2NC[C@H](O)[C@H]2OC(=O)Nc2nnc(C)o2)cc1. The summed E-state index contributed by atoms with van der Waals surface area (Å²) in [5.41, 5.74) is 1.04. The van der Waals surface area contributed by atoms with Crippen molar-refractivity contribution < 1.29 is 23.8 Å². The zero-order chi connectivity index (χ0) is 17.8. The van der Waals surface area contributed by atoms with Gasteiger partial charge < -0.3 is 24.3 Å². The lowest BCUT2D eigenvalue weighted by Crippen LogP contribution is -2.40. The Hall–Kier alpha value is -2.65. The minimum Gasteiger partial charge on any atom is -0.497 e. The molecule has 0 spiro atoms. The van der Waals surface area contributed by atoms with E-state index in [2.05, 4.69) is 20.8 Å². The first-order valence-electron chi connectivity index (χ1n) is 7.87. The highest BCUT2D eigenvalue weighted by atomic mass is 16.6. The summed E-state index contributed by atoms with van der Waals surface area (Å²) in [4.78, 5) is 12.0. The second-order valence-corrected chi connectivity index (χ2v) is 5.76. The molecule has 9 heteroatoms. The van der Waals surface area contributed by atoms with Crippen molar-refractivity contribution >= 4 is 12.1 Å². The predicted octanol–water partition coefficient (Wildman–Crippen LogP) is 0.879. The molecule has 1 fully saturated rings. The van der Waals surface area contributed by atoms with Crippen LogP contribution in [0.25, 0.3) is 0 Å². The van der Waals surface area contributed by atoms with Gasteiger partial charge in [0.15, 0.2) is 0 Å². The van der Waals surface area contributed by atoms with Gasteiger partial charge in [0, 0.05) is 13.5 Å². The number of carbonyl (C=O) groups excluding carboxylic acids is 1. The molecule has 3 N–H and O–H groups in total. The van der Waals surface area contributed by atoms with Gasteiger partial charge >= 0.3 is 12.1 Å². The highest BCUT2D eigenvalue weighted by molar-refractivity contribution is 5.81. The number of aryl methyl sites for hydroxylation is 1. The molecule has 3 rings (SSSR count). The third-order valence-corrected chi connectivity index (χ3v) is 3.96. The van der Waals surface area contributed by atoms with Gasteiger partial charge in [-0.3, -0.25) is 0 Å². The fourth-order valence-electron chi connectivity index (χ4n) is 2.72. The van der Waals surface area contributed by atoms with Crippen LogP contribution in [0.4, 0.5) is 10.8 Å². The lowest BCUT2D eigenvalue weighted by Gasteiger charge is -2.21. The number of ether oxygens (including phenoxy) is 2. The van der Waals surface area contributed by atoms with Gasteiger partial charge in [-0.05, 0) is 24.1 Å². The van der Waals surface area contributed by atoms with E-state index in [0.29, 0.717) is 18.9 Å². The van der Waals surface area contributed by atoms with E-state index in [1.807, 2.05) is 24.3 Å². The topological polar surface area (TPSA) is 119 Å². The molecule has 3 atom stereocenters. The molecule has 1 aliphatic rings. The summed E-state index contributed by atoms with van der Waals surface area (Å²) in [6.45, 7) is 1.96. The Bertz CT molecular complexity index is 718. The van der Waals surface area contributed by atoms with E-state index in [1.54, 1.807) is 14.0 Å². The van der Waals surface area contributed by atoms with E-state index >= 15 is 0 Å². The van der Waals surface area contributed by atoms with Crippen LogP contribution in [0.2, 0.25) is 0 Å². The molecular weight excluding hydrogens is 328 g/mol. The third-order valence-electron chi connectivity index (χ3n) is 3.96. The van der Waals surface area contributed by atoms with Crippen molar-refractivity contribution in [3.8, 4) is 5.75 Å². The molecule has 1 saturated heterocycles. The van der Waals surface area contributed by atoms with Gasteiger partial charge in [0.05, 0.1) is 13.2 Å². The Balaban J connectivity index is 1.60. The molecule has 1 amide bonds. The molecule has 1 aliphatic heterocycles. The Labute approximate surface area is 144 Å².